The highest BCUT2D eigenvalue weighted by Crippen LogP contribution is 2.32. The van der Waals surface area contributed by atoms with Crippen LogP contribution in [0.1, 0.15) is 25.7 Å². The van der Waals surface area contributed by atoms with E-state index < -0.39 is 16.1 Å². The van der Waals surface area contributed by atoms with Gasteiger partial charge in [-0.3, -0.25) is 4.79 Å². The summed E-state index contributed by atoms with van der Waals surface area (Å²) >= 11 is 6.59. The lowest BCUT2D eigenvalue weighted by Crippen LogP contribution is -2.46. The fourth-order valence-corrected chi connectivity index (χ4v) is 5.74. The summed E-state index contributed by atoms with van der Waals surface area (Å²) < 4.78 is 28.4. The van der Waals surface area contributed by atoms with Crippen molar-refractivity contribution in [1.29, 1.82) is 0 Å². The van der Waals surface area contributed by atoms with Gasteiger partial charge in [0.2, 0.25) is 15.9 Å². The molecular formula is C14H16Br2N2O3S. The number of hydrogen-bond donors (Lipinski definition) is 1. The van der Waals surface area contributed by atoms with Crippen molar-refractivity contribution in [2.24, 2.45) is 0 Å². The first-order valence-electron chi connectivity index (χ1n) is 7.17. The van der Waals surface area contributed by atoms with Gasteiger partial charge < -0.3 is 5.32 Å². The van der Waals surface area contributed by atoms with Crippen LogP contribution in [0.4, 0.5) is 0 Å². The fourth-order valence-electron chi connectivity index (χ4n) is 2.62. The molecule has 0 radical (unpaired) electrons. The van der Waals surface area contributed by atoms with E-state index in [1.165, 1.54) is 4.31 Å². The average Bonchev–Trinajstić information content (AvgIpc) is 3.13. The Labute approximate surface area is 146 Å². The quantitative estimate of drug-likeness (QED) is 0.765. The maximum Gasteiger partial charge on any atom is 0.244 e. The van der Waals surface area contributed by atoms with Crippen LogP contribution < -0.4 is 5.32 Å². The van der Waals surface area contributed by atoms with Gasteiger partial charge in [0.25, 0.3) is 0 Å². The van der Waals surface area contributed by atoms with Crippen LogP contribution in [0.25, 0.3) is 0 Å². The molecule has 2 fully saturated rings. The highest BCUT2D eigenvalue weighted by atomic mass is 79.9. The topological polar surface area (TPSA) is 66.5 Å². The van der Waals surface area contributed by atoms with Gasteiger partial charge in [-0.25, -0.2) is 8.42 Å². The largest absolute Gasteiger partial charge is 0.352 e. The summed E-state index contributed by atoms with van der Waals surface area (Å²) in [6.45, 7) is 0.379. The lowest BCUT2D eigenvalue weighted by molar-refractivity contribution is -0.124. The van der Waals surface area contributed by atoms with Crippen LogP contribution in [-0.2, 0) is 14.8 Å². The smallest absolute Gasteiger partial charge is 0.244 e. The lowest BCUT2D eigenvalue weighted by Gasteiger charge is -2.24. The van der Waals surface area contributed by atoms with Crippen LogP contribution in [0.5, 0.6) is 0 Å². The van der Waals surface area contributed by atoms with Crippen molar-refractivity contribution in [3.63, 3.8) is 0 Å². The van der Waals surface area contributed by atoms with Crippen molar-refractivity contribution in [3.05, 3.63) is 27.1 Å². The van der Waals surface area contributed by atoms with Crippen molar-refractivity contribution in [3.8, 4) is 0 Å². The van der Waals surface area contributed by atoms with E-state index in [9.17, 15) is 13.2 Å². The second kappa shape index (κ2) is 6.22. The van der Waals surface area contributed by atoms with Gasteiger partial charge in [-0.15, -0.1) is 0 Å². The molecule has 120 valence electrons. The summed E-state index contributed by atoms with van der Waals surface area (Å²) in [5.41, 5.74) is 0. The van der Waals surface area contributed by atoms with E-state index in [1.807, 2.05) is 0 Å². The molecule has 0 bridgehead atoms. The first-order chi connectivity index (χ1) is 10.4. The average molecular weight is 452 g/mol. The number of nitrogens with zero attached hydrogens (tertiary/aromatic N) is 1. The molecule has 3 rings (SSSR count). The molecule has 0 spiro atoms. The molecule has 0 aromatic heterocycles. The van der Waals surface area contributed by atoms with Gasteiger partial charge in [0.05, 0.1) is 4.90 Å². The Morgan fingerprint density at radius 3 is 2.64 bits per heavy atom. The molecule has 1 saturated heterocycles. The van der Waals surface area contributed by atoms with Crippen LogP contribution in [0.15, 0.2) is 32.0 Å². The first kappa shape index (κ1) is 16.4. The van der Waals surface area contributed by atoms with Crippen molar-refractivity contribution in [1.82, 2.24) is 9.62 Å². The first-order valence-corrected chi connectivity index (χ1v) is 10.2. The summed E-state index contributed by atoms with van der Waals surface area (Å²) in [5.74, 6) is -0.172. The molecule has 1 amide bonds. The Morgan fingerprint density at radius 1 is 1.23 bits per heavy atom. The lowest BCUT2D eigenvalue weighted by atomic mass is 10.2. The third kappa shape index (κ3) is 3.25. The summed E-state index contributed by atoms with van der Waals surface area (Å²) in [4.78, 5) is 12.5. The molecule has 1 aliphatic carbocycles. The van der Waals surface area contributed by atoms with Gasteiger partial charge >= 0.3 is 0 Å². The standard InChI is InChI=1S/C14H16Br2N2O3S/c15-9-3-6-11(16)13(8-9)22(20,21)18-7-1-2-12(18)14(19)17-10-4-5-10/h3,6,8,10,12H,1-2,4-5,7H2,(H,17,19). The minimum absolute atomic E-state index is 0.172. The Balaban J connectivity index is 1.89. The van der Waals surface area contributed by atoms with Gasteiger partial charge in [0.1, 0.15) is 6.04 Å². The molecule has 22 heavy (non-hydrogen) atoms. The van der Waals surface area contributed by atoms with Crippen molar-refractivity contribution >= 4 is 47.8 Å². The SMILES string of the molecule is O=C(NC1CC1)C1CCCN1S(=O)(=O)c1cc(Br)ccc1Br. The highest BCUT2D eigenvalue weighted by molar-refractivity contribution is 9.11. The predicted molar refractivity (Wildman–Crippen MR) is 89.9 cm³/mol. The van der Waals surface area contributed by atoms with Crippen LogP contribution in [-0.4, -0.2) is 37.3 Å². The molecule has 1 heterocycles. The second-order valence-electron chi connectivity index (χ2n) is 5.63. The zero-order valence-electron chi connectivity index (χ0n) is 11.8. The summed E-state index contributed by atoms with van der Waals surface area (Å²) in [7, 11) is -3.71. The van der Waals surface area contributed by atoms with Crippen molar-refractivity contribution in [2.45, 2.75) is 42.7 Å². The normalized spacial score (nSPS) is 22.7. The Morgan fingerprint density at radius 2 is 1.95 bits per heavy atom. The van der Waals surface area contributed by atoms with Gasteiger partial charge in [0, 0.05) is 21.5 Å². The number of halogens is 2. The molecule has 5 nitrogen and oxygen atoms in total. The number of sulfonamides is 1. The third-order valence-corrected chi connectivity index (χ3v) is 7.31. The molecular weight excluding hydrogens is 436 g/mol. The molecule has 8 heteroatoms. The number of carbonyl (C=O) groups excluding carboxylic acids is 1. The molecule has 1 aromatic rings. The van der Waals surface area contributed by atoms with Gasteiger partial charge in [0.15, 0.2) is 0 Å². The molecule has 1 unspecified atom stereocenters. The van der Waals surface area contributed by atoms with E-state index in [-0.39, 0.29) is 16.8 Å². The summed E-state index contributed by atoms with van der Waals surface area (Å²) in [5, 5.41) is 2.91. The number of benzene rings is 1. The molecule has 1 aliphatic heterocycles. The number of amides is 1. The number of rotatable bonds is 4. The fraction of sp³-hybridized carbons (Fsp3) is 0.500. The number of nitrogens with one attached hydrogen (secondary N) is 1. The van der Waals surface area contributed by atoms with Crippen LogP contribution in [0, 0.1) is 0 Å². The maximum absolute atomic E-state index is 12.9. The molecule has 2 aliphatic rings. The van der Waals surface area contributed by atoms with Gasteiger partial charge in [-0.05, 0) is 59.8 Å². The predicted octanol–water partition coefficient (Wildman–Crippen LogP) is 2.64. The van der Waals surface area contributed by atoms with Gasteiger partial charge in [-0.1, -0.05) is 15.9 Å². The molecule has 1 aromatic carbocycles. The minimum atomic E-state index is -3.71. The van der Waals surface area contributed by atoms with E-state index in [0.29, 0.717) is 28.3 Å². The van der Waals surface area contributed by atoms with Crippen molar-refractivity contribution < 1.29 is 13.2 Å². The molecule has 1 N–H and O–H groups in total. The van der Waals surface area contributed by atoms with Gasteiger partial charge in [-0.2, -0.15) is 4.31 Å². The van der Waals surface area contributed by atoms with E-state index in [1.54, 1.807) is 18.2 Å². The van der Waals surface area contributed by atoms with Crippen LogP contribution in [0.3, 0.4) is 0 Å². The summed E-state index contributed by atoms with van der Waals surface area (Å²) in [6, 6.07) is 4.65. The highest BCUT2D eigenvalue weighted by Gasteiger charge is 2.41. The minimum Gasteiger partial charge on any atom is -0.352 e. The molecule has 1 saturated carbocycles. The number of hydrogen-bond acceptors (Lipinski definition) is 3. The molecule has 1 atom stereocenters. The van der Waals surface area contributed by atoms with Crippen LogP contribution in [0.2, 0.25) is 0 Å². The summed E-state index contributed by atoms with van der Waals surface area (Å²) in [6.07, 6.45) is 3.25. The van der Waals surface area contributed by atoms with E-state index in [0.717, 1.165) is 12.8 Å². The number of carbonyl (C=O) groups is 1. The second-order valence-corrected chi connectivity index (χ2v) is 9.26. The van der Waals surface area contributed by atoms with Crippen molar-refractivity contribution in [2.75, 3.05) is 6.54 Å². The Kier molecular flexibility index (Phi) is 4.64. The van der Waals surface area contributed by atoms with E-state index in [2.05, 4.69) is 37.2 Å². The zero-order valence-corrected chi connectivity index (χ0v) is 15.7. The monoisotopic (exact) mass is 450 g/mol. The Hall–Kier alpha value is -0.440. The van der Waals surface area contributed by atoms with Crippen LogP contribution >= 0.6 is 31.9 Å². The van der Waals surface area contributed by atoms with E-state index >= 15 is 0 Å². The Bertz CT molecular complexity index is 704. The van der Waals surface area contributed by atoms with E-state index in [4.69, 9.17) is 0 Å². The third-order valence-electron chi connectivity index (χ3n) is 3.91. The zero-order chi connectivity index (χ0) is 15.9. The maximum atomic E-state index is 12.9.